The number of carbonyl (C=O) groups excluding carboxylic acids is 1. The van der Waals surface area contributed by atoms with Crippen molar-refractivity contribution < 1.29 is 4.79 Å². The number of carbonyl (C=O) groups is 1. The van der Waals surface area contributed by atoms with Gasteiger partial charge in [0.05, 0.1) is 0 Å². The van der Waals surface area contributed by atoms with E-state index in [1.165, 1.54) is 0 Å². The van der Waals surface area contributed by atoms with Crippen LogP contribution in [0.4, 0.5) is 17.2 Å². The Kier molecular flexibility index (Phi) is 4.75. The Morgan fingerprint density at radius 1 is 0.840 bits per heavy atom. The van der Waals surface area contributed by atoms with E-state index in [-0.39, 0.29) is 11.6 Å². The second-order valence-electron chi connectivity index (χ2n) is 6.02. The molecule has 5 nitrogen and oxygen atoms in total. The van der Waals surface area contributed by atoms with E-state index < -0.39 is 0 Å². The topological polar surface area (TPSA) is 66.9 Å². The fraction of sp³-hybridized carbons (Fsp3) is 0.150. The van der Waals surface area contributed by atoms with E-state index >= 15 is 0 Å². The summed E-state index contributed by atoms with van der Waals surface area (Å²) in [6, 6.07) is 17.3. The van der Waals surface area contributed by atoms with Crippen molar-refractivity contribution in [2.75, 3.05) is 10.6 Å². The molecule has 3 rings (SSSR count). The Morgan fingerprint density at radius 3 is 2.32 bits per heavy atom. The van der Waals surface area contributed by atoms with Crippen molar-refractivity contribution in [3.8, 4) is 0 Å². The van der Waals surface area contributed by atoms with E-state index in [0.717, 1.165) is 28.1 Å². The molecule has 2 aromatic carbocycles. The lowest BCUT2D eigenvalue weighted by Gasteiger charge is -2.10. The lowest BCUT2D eigenvalue weighted by Crippen LogP contribution is -2.15. The molecule has 0 bridgehead atoms. The number of para-hydroxylation sites is 1. The first-order valence-corrected chi connectivity index (χ1v) is 8.08. The second-order valence-corrected chi connectivity index (χ2v) is 6.02. The molecule has 2 N–H and O–H groups in total. The minimum absolute atomic E-state index is 0.274. The standard InChI is InChI=1S/C20H20N4O/c1-13-8-9-15(3)18(12-13)22-20(25)17-10-11-19(24-23-17)21-16-7-5-4-6-14(16)2/h4-12H,1-3H3,(H,21,24)(H,22,25). The lowest BCUT2D eigenvalue weighted by molar-refractivity contribution is 0.102. The number of nitrogens with zero attached hydrogens (tertiary/aromatic N) is 2. The average molecular weight is 332 g/mol. The van der Waals surface area contributed by atoms with Crippen LogP contribution in [0.15, 0.2) is 54.6 Å². The van der Waals surface area contributed by atoms with Crippen LogP contribution in [0.25, 0.3) is 0 Å². The van der Waals surface area contributed by atoms with Crippen LogP contribution in [0.5, 0.6) is 0 Å². The Bertz CT molecular complexity index is 904. The maximum atomic E-state index is 12.4. The van der Waals surface area contributed by atoms with Gasteiger partial charge in [-0.25, -0.2) is 0 Å². The average Bonchev–Trinajstić information content (AvgIpc) is 2.61. The molecule has 0 fully saturated rings. The first-order valence-electron chi connectivity index (χ1n) is 8.08. The van der Waals surface area contributed by atoms with Gasteiger partial charge in [0.1, 0.15) is 0 Å². The highest BCUT2D eigenvalue weighted by Gasteiger charge is 2.10. The van der Waals surface area contributed by atoms with Crippen LogP contribution < -0.4 is 10.6 Å². The fourth-order valence-corrected chi connectivity index (χ4v) is 2.43. The predicted molar refractivity (Wildman–Crippen MR) is 100 cm³/mol. The van der Waals surface area contributed by atoms with Crippen LogP contribution in [-0.4, -0.2) is 16.1 Å². The van der Waals surface area contributed by atoms with Crippen molar-refractivity contribution in [2.24, 2.45) is 0 Å². The summed E-state index contributed by atoms with van der Waals surface area (Å²) in [7, 11) is 0. The smallest absolute Gasteiger partial charge is 0.276 e. The van der Waals surface area contributed by atoms with Gasteiger partial charge in [0.2, 0.25) is 0 Å². The molecule has 0 unspecified atom stereocenters. The number of benzene rings is 2. The number of anilines is 3. The highest BCUT2D eigenvalue weighted by atomic mass is 16.1. The molecular weight excluding hydrogens is 312 g/mol. The van der Waals surface area contributed by atoms with Crippen LogP contribution in [-0.2, 0) is 0 Å². The monoisotopic (exact) mass is 332 g/mol. The molecule has 0 saturated heterocycles. The zero-order valence-corrected chi connectivity index (χ0v) is 14.5. The Morgan fingerprint density at radius 2 is 1.60 bits per heavy atom. The Balaban J connectivity index is 1.72. The van der Waals surface area contributed by atoms with Crippen molar-refractivity contribution in [1.82, 2.24) is 10.2 Å². The van der Waals surface area contributed by atoms with E-state index in [9.17, 15) is 4.79 Å². The van der Waals surface area contributed by atoms with Gasteiger partial charge in [-0.05, 0) is 61.7 Å². The van der Waals surface area contributed by atoms with Gasteiger partial charge in [0, 0.05) is 11.4 Å². The Hall–Kier alpha value is -3.21. The summed E-state index contributed by atoms with van der Waals surface area (Å²) < 4.78 is 0. The molecule has 0 spiro atoms. The molecule has 3 aromatic rings. The van der Waals surface area contributed by atoms with Crippen molar-refractivity contribution in [3.63, 3.8) is 0 Å². The normalized spacial score (nSPS) is 10.4. The van der Waals surface area contributed by atoms with Crippen LogP contribution >= 0.6 is 0 Å². The molecule has 1 amide bonds. The number of aryl methyl sites for hydroxylation is 3. The van der Waals surface area contributed by atoms with Crippen LogP contribution in [0.1, 0.15) is 27.2 Å². The number of rotatable bonds is 4. The molecular formula is C20H20N4O. The molecule has 5 heteroatoms. The van der Waals surface area contributed by atoms with E-state index in [1.54, 1.807) is 12.1 Å². The van der Waals surface area contributed by atoms with E-state index in [1.807, 2.05) is 63.2 Å². The summed E-state index contributed by atoms with van der Waals surface area (Å²) >= 11 is 0. The van der Waals surface area contributed by atoms with Gasteiger partial charge in [-0.3, -0.25) is 4.79 Å². The highest BCUT2D eigenvalue weighted by Crippen LogP contribution is 2.19. The van der Waals surface area contributed by atoms with Crippen LogP contribution in [0.3, 0.4) is 0 Å². The highest BCUT2D eigenvalue weighted by molar-refractivity contribution is 6.03. The number of amides is 1. The van der Waals surface area contributed by atoms with Gasteiger partial charge in [-0.1, -0.05) is 30.3 Å². The quantitative estimate of drug-likeness (QED) is 0.743. The maximum Gasteiger partial charge on any atom is 0.276 e. The molecule has 1 aromatic heterocycles. The summed E-state index contributed by atoms with van der Waals surface area (Å²) in [5.41, 5.74) is 5.23. The number of aromatic nitrogens is 2. The summed E-state index contributed by atoms with van der Waals surface area (Å²) in [6.07, 6.45) is 0. The van der Waals surface area contributed by atoms with Crippen molar-refractivity contribution in [3.05, 3.63) is 77.0 Å². The van der Waals surface area contributed by atoms with Crippen molar-refractivity contribution in [2.45, 2.75) is 20.8 Å². The minimum Gasteiger partial charge on any atom is -0.339 e. The minimum atomic E-state index is -0.274. The predicted octanol–water partition coefficient (Wildman–Crippen LogP) is 4.40. The summed E-state index contributed by atoms with van der Waals surface area (Å²) in [5.74, 6) is 0.321. The molecule has 0 aliphatic carbocycles. The van der Waals surface area contributed by atoms with Crippen LogP contribution in [0, 0.1) is 20.8 Å². The second kappa shape index (κ2) is 7.13. The van der Waals surface area contributed by atoms with E-state index in [0.29, 0.717) is 5.82 Å². The summed E-state index contributed by atoms with van der Waals surface area (Å²) in [5, 5.41) is 14.2. The molecule has 1 heterocycles. The SMILES string of the molecule is Cc1ccc(C)c(NC(=O)c2ccc(Nc3ccccc3C)nn2)c1. The Labute approximate surface area is 147 Å². The van der Waals surface area contributed by atoms with E-state index in [2.05, 4.69) is 20.8 Å². The molecule has 0 aliphatic heterocycles. The molecule has 0 radical (unpaired) electrons. The number of nitrogens with one attached hydrogen (secondary N) is 2. The molecule has 25 heavy (non-hydrogen) atoms. The maximum absolute atomic E-state index is 12.4. The third kappa shape index (κ3) is 4.01. The van der Waals surface area contributed by atoms with Gasteiger partial charge < -0.3 is 10.6 Å². The van der Waals surface area contributed by atoms with Gasteiger partial charge >= 0.3 is 0 Å². The third-order valence-electron chi connectivity index (χ3n) is 3.95. The van der Waals surface area contributed by atoms with Gasteiger partial charge in [0.25, 0.3) is 5.91 Å². The number of hydrogen-bond acceptors (Lipinski definition) is 4. The first kappa shape index (κ1) is 16.6. The van der Waals surface area contributed by atoms with Crippen molar-refractivity contribution >= 4 is 23.1 Å². The van der Waals surface area contributed by atoms with Crippen LogP contribution in [0.2, 0.25) is 0 Å². The zero-order valence-electron chi connectivity index (χ0n) is 14.5. The third-order valence-corrected chi connectivity index (χ3v) is 3.95. The molecule has 0 aliphatic rings. The van der Waals surface area contributed by atoms with E-state index in [4.69, 9.17) is 0 Å². The largest absolute Gasteiger partial charge is 0.339 e. The molecule has 126 valence electrons. The van der Waals surface area contributed by atoms with Gasteiger partial charge in [-0.15, -0.1) is 10.2 Å². The van der Waals surface area contributed by atoms with Gasteiger partial charge in [0.15, 0.2) is 11.5 Å². The zero-order chi connectivity index (χ0) is 17.8. The van der Waals surface area contributed by atoms with Gasteiger partial charge in [-0.2, -0.15) is 0 Å². The molecule has 0 atom stereocenters. The molecule has 0 saturated carbocycles. The summed E-state index contributed by atoms with van der Waals surface area (Å²) in [6.45, 7) is 5.96. The van der Waals surface area contributed by atoms with Crippen molar-refractivity contribution in [1.29, 1.82) is 0 Å². The lowest BCUT2D eigenvalue weighted by atomic mass is 10.1. The fourth-order valence-electron chi connectivity index (χ4n) is 2.43. The first-order chi connectivity index (χ1) is 12.0. The number of hydrogen-bond donors (Lipinski definition) is 2. The summed E-state index contributed by atoms with van der Waals surface area (Å²) in [4.78, 5) is 12.4.